The zero-order chi connectivity index (χ0) is 14.5. The van der Waals surface area contributed by atoms with Crippen molar-refractivity contribution in [2.45, 2.75) is 64.8 Å². The van der Waals surface area contributed by atoms with Gasteiger partial charge in [0.25, 0.3) is 0 Å². The van der Waals surface area contributed by atoms with Gasteiger partial charge >= 0.3 is 0 Å². The molecule has 0 aliphatic heterocycles. The Morgan fingerprint density at radius 2 is 2.10 bits per heavy atom. The fourth-order valence-electron chi connectivity index (χ4n) is 2.68. The van der Waals surface area contributed by atoms with Gasteiger partial charge in [-0.25, -0.2) is 9.97 Å². The first-order valence-electron chi connectivity index (χ1n) is 7.56. The number of unbranched alkanes of at least 4 members (excludes halogenated alkanes) is 3. The Morgan fingerprint density at radius 3 is 2.80 bits per heavy atom. The molecule has 4 heteroatoms. The van der Waals surface area contributed by atoms with Gasteiger partial charge in [-0.2, -0.15) is 0 Å². The molecule has 0 amide bonds. The zero-order valence-corrected chi connectivity index (χ0v) is 13.5. The summed E-state index contributed by atoms with van der Waals surface area (Å²) in [6, 6.07) is 2.49. The van der Waals surface area contributed by atoms with E-state index in [0.29, 0.717) is 11.9 Å². The molecule has 0 aromatic carbocycles. The highest BCUT2D eigenvalue weighted by molar-refractivity contribution is 6.16. The van der Waals surface area contributed by atoms with E-state index in [-0.39, 0.29) is 0 Å². The summed E-state index contributed by atoms with van der Waals surface area (Å²) in [4.78, 5) is 9.18. The second-order valence-corrected chi connectivity index (χ2v) is 5.85. The van der Waals surface area contributed by atoms with Crippen LogP contribution in [0.1, 0.15) is 63.4 Å². The van der Waals surface area contributed by atoms with E-state index in [4.69, 9.17) is 11.6 Å². The molecule has 0 fully saturated rings. The number of imidazole rings is 1. The molecule has 2 heterocycles. The third kappa shape index (κ3) is 3.32. The summed E-state index contributed by atoms with van der Waals surface area (Å²) >= 11 is 6.06. The van der Waals surface area contributed by atoms with Crippen LogP contribution in [0.5, 0.6) is 0 Å². The van der Waals surface area contributed by atoms with Gasteiger partial charge in [-0.1, -0.05) is 32.6 Å². The Labute approximate surface area is 126 Å². The average molecular weight is 294 g/mol. The van der Waals surface area contributed by atoms with Crippen molar-refractivity contribution in [1.29, 1.82) is 0 Å². The van der Waals surface area contributed by atoms with E-state index >= 15 is 0 Å². The summed E-state index contributed by atoms with van der Waals surface area (Å²) in [7, 11) is 0. The first-order valence-corrected chi connectivity index (χ1v) is 8.10. The normalized spacial score (nSPS) is 13.0. The molecule has 20 heavy (non-hydrogen) atoms. The van der Waals surface area contributed by atoms with Crippen LogP contribution in [0.4, 0.5) is 0 Å². The molecule has 1 unspecified atom stereocenters. The lowest BCUT2D eigenvalue weighted by atomic mass is 10.1. The van der Waals surface area contributed by atoms with Gasteiger partial charge in [0, 0.05) is 12.2 Å². The molecule has 0 saturated carbocycles. The maximum Gasteiger partial charge on any atom is 0.160 e. The zero-order valence-electron chi connectivity index (χ0n) is 12.7. The molecule has 2 aromatic rings. The maximum atomic E-state index is 6.06. The summed E-state index contributed by atoms with van der Waals surface area (Å²) in [6.07, 6.45) is 8.21. The second-order valence-electron chi connectivity index (χ2n) is 5.59. The van der Waals surface area contributed by atoms with Crippen LogP contribution in [0, 0.1) is 6.92 Å². The molecule has 0 saturated heterocycles. The van der Waals surface area contributed by atoms with Crippen LogP contribution in [0.3, 0.4) is 0 Å². The molecule has 0 bridgehead atoms. The molecular weight excluding hydrogens is 270 g/mol. The molecule has 0 spiro atoms. The van der Waals surface area contributed by atoms with Crippen molar-refractivity contribution in [3.8, 4) is 0 Å². The van der Waals surface area contributed by atoms with Gasteiger partial charge in [0.15, 0.2) is 5.65 Å². The van der Waals surface area contributed by atoms with E-state index < -0.39 is 0 Å². The van der Waals surface area contributed by atoms with E-state index in [1.165, 1.54) is 25.7 Å². The number of rotatable bonds is 7. The fraction of sp³-hybridized carbons (Fsp3) is 0.625. The van der Waals surface area contributed by atoms with Gasteiger partial charge in [-0.05, 0) is 31.9 Å². The molecule has 2 aromatic heterocycles. The minimum absolute atomic E-state index is 0.404. The number of nitrogens with zero attached hydrogens (tertiary/aromatic N) is 3. The second kappa shape index (κ2) is 7.07. The summed E-state index contributed by atoms with van der Waals surface area (Å²) in [5.74, 6) is 1.37. The Balaban J connectivity index is 2.22. The largest absolute Gasteiger partial charge is 0.309 e. The Kier molecular flexibility index (Phi) is 5.41. The van der Waals surface area contributed by atoms with Crippen molar-refractivity contribution in [1.82, 2.24) is 14.5 Å². The number of halogens is 1. The van der Waals surface area contributed by atoms with Gasteiger partial charge in [0.1, 0.15) is 11.3 Å². The predicted octanol–water partition coefficient (Wildman–Crippen LogP) is 5.01. The number of alkyl halides is 1. The van der Waals surface area contributed by atoms with Gasteiger partial charge in [0.2, 0.25) is 0 Å². The van der Waals surface area contributed by atoms with Gasteiger partial charge in [0.05, 0.1) is 5.88 Å². The quantitative estimate of drug-likeness (QED) is 0.531. The van der Waals surface area contributed by atoms with Crippen LogP contribution < -0.4 is 0 Å². The number of aryl methyl sites for hydroxylation is 1. The van der Waals surface area contributed by atoms with Crippen molar-refractivity contribution in [3.63, 3.8) is 0 Å². The van der Waals surface area contributed by atoms with Gasteiger partial charge in [-0.15, -0.1) is 11.6 Å². The lowest BCUT2D eigenvalue weighted by Gasteiger charge is -2.16. The number of fused-ring (bicyclic) bond motifs is 1. The fourth-order valence-corrected chi connectivity index (χ4v) is 2.87. The average Bonchev–Trinajstić information content (AvgIpc) is 2.80. The summed E-state index contributed by atoms with van der Waals surface area (Å²) < 4.78 is 2.22. The summed E-state index contributed by atoms with van der Waals surface area (Å²) in [5, 5.41) is 0. The van der Waals surface area contributed by atoms with E-state index in [1.807, 2.05) is 13.1 Å². The number of hydrogen-bond donors (Lipinski definition) is 0. The topological polar surface area (TPSA) is 30.7 Å². The molecule has 110 valence electrons. The van der Waals surface area contributed by atoms with E-state index in [2.05, 4.69) is 34.4 Å². The monoisotopic (exact) mass is 293 g/mol. The highest BCUT2D eigenvalue weighted by Gasteiger charge is 2.16. The standard InChI is InChI=1S/C16H24ClN3/c1-4-5-6-7-8-13(3)20-15(10-17)19-14-9-12(2)11-18-16(14)20/h9,11,13H,4-8,10H2,1-3H3. The Bertz CT molecular complexity index is 562. The van der Waals surface area contributed by atoms with Crippen molar-refractivity contribution < 1.29 is 0 Å². The van der Waals surface area contributed by atoms with Crippen molar-refractivity contribution >= 4 is 22.8 Å². The molecule has 0 radical (unpaired) electrons. The minimum atomic E-state index is 0.404. The minimum Gasteiger partial charge on any atom is -0.309 e. The lowest BCUT2D eigenvalue weighted by molar-refractivity contribution is 0.471. The molecule has 0 N–H and O–H groups in total. The van der Waals surface area contributed by atoms with Crippen molar-refractivity contribution in [3.05, 3.63) is 23.7 Å². The van der Waals surface area contributed by atoms with Crippen LogP contribution in [0.2, 0.25) is 0 Å². The highest BCUT2D eigenvalue weighted by atomic mass is 35.5. The number of pyridine rings is 1. The summed E-state index contributed by atoms with van der Waals surface area (Å²) in [5.41, 5.74) is 3.06. The van der Waals surface area contributed by atoms with Gasteiger partial charge in [-0.3, -0.25) is 0 Å². The van der Waals surface area contributed by atoms with E-state index in [0.717, 1.165) is 29.0 Å². The third-order valence-electron chi connectivity index (χ3n) is 3.78. The molecule has 1 atom stereocenters. The van der Waals surface area contributed by atoms with Crippen LogP contribution in [-0.2, 0) is 5.88 Å². The highest BCUT2D eigenvalue weighted by Crippen LogP contribution is 2.25. The third-order valence-corrected chi connectivity index (χ3v) is 4.01. The van der Waals surface area contributed by atoms with E-state index in [1.54, 1.807) is 0 Å². The smallest absolute Gasteiger partial charge is 0.160 e. The number of aromatic nitrogens is 3. The van der Waals surface area contributed by atoms with Crippen LogP contribution in [0.15, 0.2) is 12.3 Å². The lowest BCUT2D eigenvalue weighted by Crippen LogP contribution is -2.09. The molecular formula is C16H24ClN3. The Hall–Kier alpha value is -1.09. The SMILES string of the molecule is CCCCCCC(C)n1c(CCl)nc2cc(C)cnc21. The Morgan fingerprint density at radius 1 is 1.30 bits per heavy atom. The first-order chi connectivity index (χ1) is 9.67. The van der Waals surface area contributed by atoms with Crippen molar-refractivity contribution in [2.75, 3.05) is 0 Å². The van der Waals surface area contributed by atoms with Crippen LogP contribution in [0.25, 0.3) is 11.2 Å². The molecule has 3 nitrogen and oxygen atoms in total. The summed E-state index contributed by atoms with van der Waals surface area (Å²) in [6.45, 7) is 6.52. The van der Waals surface area contributed by atoms with Crippen LogP contribution in [-0.4, -0.2) is 14.5 Å². The first kappa shape index (κ1) is 15.3. The maximum absolute atomic E-state index is 6.06. The van der Waals surface area contributed by atoms with Crippen molar-refractivity contribution in [2.24, 2.45) is 0 Å². The van der Waals surface area contributed by atoms with E-state index in [9.17, 15) is 0 Å². The van der Waals surface area contributed by atoms with Gasteiger partial charge < -0.3 is 4.57 Å². The van der Waals surface area contributed by atoms with Crippen LogP contribution >= 0.6 is 11.6 Å². The molecule has 0 aliphatic carbocycles. The molecule has 2 rings (SSSR count). The predicted molar refractivity (Wildman–Crippen MR) is 85.3 cm³/mol. The molecule has 0 aliphatic rings. The number of hydrogen-bond acceptors (Lipinski definition) is 2.